The van der Waals surface area contributed by atoms with Crippen molar-refractivity contribution < 1.29 is 0 Å². The number of thiazole rings is 1. The number of aromatic nitrogens is 3. The molecule has 0 spiro atoms. The normalized spacial score (nSPS) is 10.8. The molecule has 5 heteroatoms. The average molecular weight is 287 g/mol. The first-order valence-corrected chi connectivity index (χ1v) is 7.81. The van der Waals surface area contributed by atoms with Crippen LogP contribution in [0.3, 0.4) is 0 Å². The van der Waals surface area contributed by atoms with E-state index in [4.69, 9.17) is 0 Å². The number of thioether (sulfide) groups is 1. The minimum atomic E-state index is 0.876. The monoisotopic (exact) mass is 287 g/mol. The van der Waals surface area contributed by atoms with Crippen LogP contribution < -0.4 is 0 Å². The molecule has 96 valence electrons. The van der Waals surface area contributed by atoms with Crippen molar-refractivity contribution in [1.82, 2.24) is 15.2 Å². The fourth-order valence-electron chi connectivity index (χ4n) is 1.69. The van der Waals surface area contributed by atoms with Gasteiger partial charge in [0.1, 0.15) is 0 Å². The van der Waals surface area contributed by atoms with Gasteiger partial charge in [-0.25, -0.2) is 4.98 Å². The Kier molecular flexibility index (Phi) is 3.66. The summed E-state index contributed by atoms with van der Waals surface area (Å²) in [5.41, 5.74) is 4.62. The first kappa shape index (κ1) is 12.4. The van der Waals surface area contributed by atoms with Crippen molar-refractivity contribution in [3.05, 3.63) is 53.2 Å². The van der Waals surface area contributed by atoms with Gasteiger partial charge in [-0.1, -0.05) is 41.6 Å². The van der Waals surface area contributed by atoms with Crippen LogP contribution in [0.15, 0.2) is 46.2 Å². The molecule has 1 N–H and O–H groups in total. The van der Waals surface area contributed by atoms with Crippen LogP contribution in [-0.4, -0.2) is 15.2 Å². The van der Waals surface area contributed by atoms with E-state index in [2.05, 4.69) is 51.8 Å². The van der Waals surface area contributed by atoms with Crippen molar-refractivity contribution in [2.45, 2.75) is 17.0 Å². The maximum Gasteiger partial charge on any atom is 0.150 e. The number of benzene rings is 1. The molecule has 2 aromatic heterocycles. The Bertz CT molecular complexity index is 642. The number of aromatic amines is 1. The average Bonchev–Trinajstić information content (AvgIpc) is 3.09. The molecule has 0 unspecified atom stereocenters. The van der Waals surface area contributed by atoms with Crippen molar-refractivity contribution in [2.75, 3.05) is 0 Å². The molecule has 1 aromatic carbocycles. The molecule has 0 bridgehead atoms. The Balaban J connectivity index is 1.70. The lowest BCUT2D eigenvalue weighted by Crippen LogP contribution is -1.81. The van der Waals surface area contributed by atoms with Crippen LogP contribution in [0, 0.1) is 6.92 Å². The molecule has 0 aliphatic carbocycles. The van der Waals surface area contributed by atoms with E-state index in [-0.39, 0.29) is 0 Å². The second-order valence-electron chi connectivity index (χ2n) is 4.24. The van der Waals surface area contributed by atoms with Gasteiger partial charge in [0, 0.05) is 28.6 Å². The van der Waals surface area contributed by atoms with Gasteiger partial charge < -0.3 is 0 Å². The molecule has 0 saturated carbocycles. The predicted octanol–water partition coefficient (Wildman–Crippen LogP) is 4.13. The number of rotatable bonds is 4. The summed E-state index contributed by atoms with van der Waals surface area (Å²) in [6.07, 6.45) is 1.77. The number of nitrogens with one attached hydrogen (secondary N) is 1. The summed E-state index contributed by atoms with van der Waals surface area (Å²) in [6.45, 7) is 2.09. The van der Waals surface area contributed by atoms with E-state index in [9.17, 15) is 0 Å². The van der Waals surface area contributed by atoms with Gasteiger partial charge in [0.05, 0.1) is 5.69 Å². The third kappa shape index (κ3) is 3.05. The zero-order chi connectivity index (χ0) is 13.1. The molecule has 0 fully saturated rings. The summed E-state index contributed by atoms with van der Waals surface area (Å²) in [7, 11) is 0. The topological polar surface area (TPSA) is 41.6 Å². The number of H-pyrrole nitrogens is 1. The third-order valence-corrected chi connectivity index (χ3v) is 4.81. The van der Waals surface area contributed by atoms with Crippen LogP contribution in [0.5, 0.6) is 0 Å². The third-order valence-electron chi connectivity index (χ3n) is 2.74. The number of aryl methyl sites for hydroxylation is 1. The lowest BCUT2D eigenvalue weighted by Gasteiger charge is -1.97. The smallest absolute Gasteiger partial charge is 0.150 e. The molecule has 3 rings (SSSR count). The lowest BCUT2D eigenvalue weighted by atomic mass is 10.1. The van der Waals surface area contributed by atoms with Gasteiger partial charge in [0.2, 0.25) is 0 Å². The van der Waals surface area contributed by atoms with Gasteiger partial charge in [-0.3, -0.25) is 5.10 Å². The standard InChI is InChI=1S/C14H13N3S2/c1-10-2-4-11(5-3-10)13-9-19-14(16-13)18-8-12-6-7-15-17-12/h2-7,9H,8H2,1H3,(H,15,17). The van der Waals surface area contributed by atoms with Crippen molar-refractivity contribution in [3.8, 4) is 11.3 Å². The van der Waals surface area contributed by atoms with E-state index < -0.39 is 0 Å². The number of hydrogen-bond acceptors (Lipinski definition) is 4. The van der Waals surface area contributed by atoms with E-state index in [1.165, 1.54) is 11.1 Å². The maximum atomic E-state index is 4.66. The highest BCUT2D eigenvalue weighted by molar-refractivity contribution is 8.00. The van der Waals surface area contributed by atoms with Crippen molar-refractivity contribution >= 4 is 23.1 Å². The Labute approximate surface area is 120 Å². The Morgan fingerprint density at radius 1 is 1.21 bits per heavy atom. The zero-order valence-electron chi connectivity index (χ0n) is 10.5. The Morgan fingerprint density at radius 3 is 2.79 bits per heavy atom. The zero-order valence-corrected chi connectivity index (χ0v) is 12.1. The van der Waals surface area contributed by atoms with Gasteiger partial charge in [-0.15, -0.1) is 11.3 Å². The van der Waals surface area contributed by atoms with Crippen LogP contribution in [0.1, 0.15) is 11.3 Å². The Morgan fingerprint density at radius 2 is 2.05 bits per heavy atom. The van der Waals surface area contributed by atoms with Crippen LogP contribution in [0.25, 0.3) is 11.3 Å². The first-order chi connectivity index (χ1) is 9.31. The SMILES string of the molecule is Cc1ccc(-c2csc(SCc3ccn[nH]3)n2)cc1. The van der Waals surface area contributed by atoms with E-state index in [1.54, 1.807) is 29.3 Å². The molecule has 0 aliphatic rings. The summed E-state index contributed by atoms with van der Waals surface area (Å²) in [6, 6.07) is 10.5. The summed E-state index contributed by atoms with van der Waals surface area (Å²) in [5, 5.41) is 9.01. The molecular formula is C14H13N3S2. The lowest BCUT2D eigenvalue weighted by molar-refractivity contribution is 1.04. The molecule has 0 radical (unpaired) electrons. The summed E-state index contributed by atoms with van der Waals surface area (Å²) < 4.78 is 1.09. The summed E-state index contributed by atoms with van der Waals surface area (Å²) in [4.78, 5) is 4.66. The highest BCUT2D eigenvalue weighted by Crippen LogP contribution is 2.29. The number of nitrogens with zero attached hydrogens (tertiary/aromatic N) is 2. The van der Waals surface area contributed by atoms with Crippen LogP contribution in [-0.2, 0) is 5.75 Å². The second kappa shape index (κ2) is 5.59. The minimum absolute atomic E-state index is 0.876. The second-order valence-corrected chi connectivity index (χ2v) is 6.32. The van der Waals surface area contributed by atoms with Gasteiger partial charge in [-0.2, -0.15) is 5.10 Å². The van der Waals surface area contributed by atoms with Crippen LogP contribution in [0.2, 0.25) is 0 Å². The molecule has 0 aliphatic heterocycles. The molecule has 0 atom stereocenters. The molecule has 3 aromatic rings. The largest absolute Gasteiger partial charge is 0.282 e. The molecule has 3 nitrogen and oxygen atoms in total. The van der Waals surface area contributed by atoms with E-state index in [0.29, 0.717) is 0 Å². The molecule has 0 saturated heterocycles. The predicted molar refractivity (Wildman–Crippen MR) is 80.4 cm³/mol. The maximum absolute atomic E-state index is 4.66. The van der Waals surface area contributed by atoms with Gasteiger partial charge in [0.15, 0.2) is 4.34 Å². The van der Waals surface area contributed by atoms with Crippen molar-refractivity contribution in [1.29, 1.82) is 0 Å². The fourth-order valence-corrected chi connectivity index (χ4v) is 3.43. The highest BCUT2D eigenvalue weighted by Gasteiger charge is 2.05. The van der Waals surface area contributed by atoms with Gasteiger partial charge in [-0.05, 0) is 13.0 Å². The van der Waals surface area contributed by atoms with E-state index in [0.717, 1.165) is 21.5 Å². The molecule has 0 amide bonds. The highest BCUT2D eigenvalue weighted by atomic mass is 32.2. The summed E-state index contributed by atoms with van der Waals surface area (Å²) in [5.74, 6) is 0.876. The van der Waals surface area contributed by atoms with Gasteiger partial charge in [0.25, 0.3) is 0 Å². The Hall–Kier alpha value is -1.59. The van der Waals surface area contributed by atoms with Crippen LogP contribution >= 0.6 is 23.1 Å². The molecule has 2 heterocycles. The first-order valence-electron chi connectivity index (χ1n) is 5.95. The summed E-state index contributed by atoms with van der Waals surface area (Å²) >= 11 is 3.42. The number of hydrogen-bond donors (Lipinski definition) is 1. The molecular weight excluding hydrogens is 274 g/mol. The van der Waals surface area contributed by atoms with Gasteiger partial charge >= 0.3 is 0 Å². The van der Waals surface area contributed by atoms with E-state index >= 15 is 0 Å². The van der Waals surface area contributed by atoms with E-state index in [1.807, 2.05) is 6.07 Å². The fraction of sp³-hybridized carbons (Fsp3) is 0.143. The quantitative estimate of drug-likeness (QED) is 0.733. The molecule has 19 heavy (non-hydrogen) atoms. The van der Waals surface area contributed by atoms with Crippen LogP contribution in [0.4, 0.5) is 0 Å². The van der Waals surface area contributed by atoms with Crippen molar-refractivity contribution in [2.24, 2.45) is 0 Å². The van der Waals surface area contributed by atoms with Crippen molar-refractivity contribution in [3.63, 3.8) is 0 Å². The minimum Gasteiger partial charge on any atom is -0.282 e.